The fourth-order valence-electron chi connectivity index (χ4n) is 3.16. The van der Waals surface area contributed by atoms with Crippen LogP contribution in [0.15, 0.2) is 24.3 Å². The van der Waals surface area contributed by atoms with Crippen LogP contribution >= 0.6 is 0 Å². The Balaban J connectivity index is 1.53. The Bertz CT molecular complexity index is 849. The molecule has 1 amide bonds. The number of ether oxygens (including phenoxy) is 2. The number of anilines is 2. The highest BCUT2D eigenvalue weighted by molar-refractivity contribution is 5.92. The lowest BCUT2D eigenvalue weighted by Gasteiger charge is -2.32. The zero-order chi connectivity index (χ0) is 18.8. The molecule has 0 radical (unpaired) electrons. The van der Waals surface area contributed by atoms with Gasteiger partial charge in [-0.3, -0.25) is 4.79 Å². The van der Waals surface area contributed by atoms with Crippen LogP contribution in [-0.2, 0) is 0 Å². The van der Waals surface area contributed by atoms with Crippen molar-refractivity contribution in [1.29, 1.82) is 0 Å². The van der Waals surface area contributed by atoms with E-state index in [-0.39, 0.29) is 5.91 Å². The average Bonchev–Trinajstić information content (AvgIpc) is 2.67. The van der Waals surface area contributed by atoms with E-state index in [9.17, 15) is 4.79 Å². The van der Waals surface area contributed by atoms with E-state index >= 15 is 0 Å². The van der Waals surface area contributed by atoms with Crippen molar-refractivity contribution in [1.82, 2.24) is 19.8 Å². The lowest BCUT2D eigenvalue weighted by atomic mass is 10.2. The molecule has 1 aromatic carbocycles. The van der Waals surface area contributed by atoms with Gasteiger partial charge in [0.1, 0.15) is 18.9 Å². The molecular formula is C19H23N5O3. The van der Waals surface area contributed by atoms with Crippen LogP contribution in [0.3, 0.4) is 0 Å². The van der Waals surface area contributed by atoms with Crippen molar-refractivity contribution >= 4 is 17.5 Å². The summed E-state index contributed by atoms with van der Waals surface area (Å²) in [6, 6.07) is 7.31. The van der Waals surface area contributed by atoms with Crippen LogP contribution in [0.4, 0.5) is 11.6 Å². The van der Waals surface area contributed by atoms with Crippen LogP contribution < -0.4 is 14.8 Å². The lowest BCUT2D eigenvalue weighted by Crippen LogP contribution is -2.47. The van der Waals surface area contributed by atoms with Gasteiger partial charge < -0.3 is 24.6 Å². The number of nitrogens with zero attached hydrogens (tertiary/aromatic N) is 4. The number of amides is 1. The predicted molar refractivity (Wildman–Crippen MR) is 101 cm³/mol. The van der Waals surface area contributed by atoms with Crippen molar-refractivity contribution in [3.05, 3.63) is 35.7 Å². The van der Waals surface area contributed by atoms with Crippen molar-refractivity contribution in [2.75, 3.05) is 51.8 Å². The van der Waals surface area contributed by atoms with Crippen molar-refractivity contribution in [3.8, 4) is 11.5 Å². The fourth-order valence-corrected chi connectivity index (χ4v) is 3.16. The normalized spacial score (nSPS) is 16.9. The molecule has 0 aliphatic carbocycles. The molecule has 0 saturated carbocycles. The number of hydrogen-bond donors (Lipinski definition) is 1. The van der Waals surface area contributed by atoms with E-state index in [1.807, 2.05) is 30.0 Å². The molecule has 1 saturated heterocycles. The highest BCUT2D eigenvalue weighted by atomic mass is 16.6. The second kappa shape index (κ2) is 7.40. The maximum absolute atomic E-state index is 12.8. The van der Waals surface area contributed by atoms with E-state index in [2.05, 4.69) is 27.2 Å². The minimum atomic E-state index is -0.0566. The molecule has 3 heterocycles. The largest absolute Gasteiger partial charge is 0.486 e. The molecule has 0 unspecified atom stereocenters. The number of carbonyl (C=O) groups excluding carboxylic acids is 1. The van der Waals surface area contributed by atoms with Crippen molar-refractivity contribution in [2.45, 2.75) is 6.92 Å². The Labute approximate surface area is 158 Å². The van der Waals surface area contributed by atoms with Crippen LogP contribution in [0, 0.1) is 6.92 Å². The molecule has 2 aromatic rings. The van der Waals surface area contributed by atoms with Crippen LogP contribution in [-0.4, -0.2) is 72.1 Å². The molecular weight excluding hydrogens is 346 g/mol. The van der Waals surface area contributed by atoms with E-state index in [0.29, 0.717) is 43.7 Å². The van der Waals surface area contributed by atoms with E-state index in [4.69, 9.17) is 9.47 Å². The topological polar surface area (TPSA) is 79.8 Å². The first-order valence-corrected chi connectivity index (χ1v) is 9.09. The number of carbonyl (C=O) groups is 1. The molecule has 0 spiro atoms. The molecule has 4 rings (SSSR count). The lowest BCUT2D eigenvalue weighted by molar-refractivity contribution is 0.0658. The first kappa shape index (κ1) is 17.5. The Morgan fingerprint density at radius 3 is 2.56 bits per heavy atom. The number of piperazine rings is 1. The number of aryl methyl sites for hydroxylation is 1. The summed E-state index contributed by atoms with van der Waals surface area (Å²) in [7, 11) is 2.06. The minimum Gasteiger partial charge on any atom is -0.486 e. The molecule has 2 aliphatic heterocycles. The third-order valence-corrected chi connectivity index (χ3v) is 4.66. The molecule has 142 valence electrons. The maximum atomic E-state index is 12.8. The van der Waals surface area contributed by atoms with Gasteiger partial charge in [-0.05, 0) is 32.2 Å². The van der Waals surface area contributed by atoms with Gasteiger partial charge in [0.25, 0.3) is 5.91 Å². The van der Waals surface area contributed by atoms with Crippen LogP contribution in [0.1, 0.15) is 16.2 Å². The van der Waals surface area contributed by atoms with Gasteiger partial charge in [-0.25, -0.2) is 9.97 Å². The summed E-state index contributed by atoms with van der Waals surface area (Å²) in [5.74, 6) is 1.75. The maximum Gasteiger partial charge on any atom is 0.272 e. The van der Waals surface area contributed by atoms with Crippen molar-refractivity contribution in [2.24, 2.45) is 0 Å². The zero-order valence-corrected chi connectivity index (χ0v) is 15.6. The third kappa shape index (κ3) is 3.95. The van der Waals surface area contributed by atoms with Gasteiger partial charge >= 0.3 is 0 Å². The highest BCUT2D eigenvalue weighted by Crippen LogP contribution is 2.33. The highest BCUT2D eigenvalue weighted by Gasteiger charge is 2.22. The number of nitrogens with one attached hydrogen (secondary N) is 1. The molecule has 1 N–H and O–H groups in total. The summed E-state index contributed by atoms with van der Waals surface area (Å²) in [4.78, 5) is 25.7. The molecule has 2 aliphatic rings. The summed E-state index contributed by atoms with van der Waals surface area (Å²) in [5, 5.41) is 3.16. The quantitative estimate of drug-likeness (QED) is 0.882. The van der Waals surface area contributed by atoms with Crippen LogP contribution in [0.25, 0.3) is 0 Å². The van der Waals surface area contributed by atoms with E-state index < -0.39 is 0 Å². The second-order valence-electron chi connectivity index (χ2n) is 6.80. The monoisotopic (exact) mass is 369 g/mol. The number of benzene rings is 1. The number of aromatic nitrogens is 2. The SMILES string of the molecule is Cc1cc(C(=O)N2CCN(C)CC2)nc(Nc2ccc3c(c2)OCCO3)n1. The summed E-state index contributed by atoms with van der Waals surface area (Å²) >= 11 is 0. The van der Waals surface area contributed by atoms with Gasteiger partial charge in [-0.1, -0.05) is 0 Å². The van der Waals surface area contributed by atoms with Crippen LogP contribution in [0.5, 0.6) is 11.5 Å². The third-order valence-electron chi connectivity index (χ3n) is 4.66. The number of rotatable bonds is 3. The first-order chi connectivity index (χ1) is 13.1. The van der Waals surface area contributed by atoms with Gasteiger partial charge in [0, 0.05) is 43.6 Å². The van der Waals surface area contributed by atoms with E-state index in [1.165, 1.54) is 0 Å². The summed E-state index contributed by atoms with van der Waals surface area (Å²) in [5.41, 5.74) is 1.93. The smallest absolute Gasteiger partial charge is 0.272 e. The van der Waals surface area contributed by atoms with E-state index in [0.717, 1.165) is 30.2 Å². The van der Waals surface area contributed by atoms with Gasteiger partial charge in [0.05, 0.1) is 0 Å². The number of likely N-dealkylation sites (N-methyl/N-ethyl adjacent to an activating group) is 1. The first-order valence-electron chi connectivity index (χ1n) is 9.09. The van der Waals surface area contributed by atoms with Gasteiger partial charge in [-0.15, -0.1) is 0 Å². The van der Waals surface area contributed by atoms with E-state index in [1.54, 1.807) is 6.07 Å². The number of hydrogen-bond acceptors (Lipinski definition) is 7. The van der Waals surface area contributed by atoms with Gasteiger partial charge in [0.15, 0.2) is 11.5 Å². The molecule has 1 fully saturated rings. The zero-order valence-electron chi connectivity index (χ0n) is 15.6. The molecule has 1 aromatic heterocycles. The average molecular weight is 369 g/mol. The second-order valence-corrected chi connectivity index (χ2v) is 6.80. The molecule has 8 heteroatoms. The summed E-state index contributed by atoms with van der Waals surface area (Å²) < 4.78 is 11.1. The predicted octanol–water partition coefficient (Wildman–Crippen LogP) is 1.69. The van der Waals surface area contributed by atoms with Gasteiger partial charge in [-0.2, -0.15) is 0 Å². The summed E-state index contributed by atoms with van der Waals surface area (Å²) in [6.45, 7) is 6.11. The summed E-state index contributed by atoms with van der Waals surface area (Å²) in [6.07, 6.45) is 0. The van der Waals surface area contributed by atoms with Gasteiger partial charge in [0.2, 0.25) is 5.95 Å². The Hall–Kier alpha value is -2.87. The molecule has 0 bridgehead atoms. The van der Waals surface area contributed by atoms with Crippen molar-refractivity contribution < 1.29 is 14.3 Å². The molecule has 8 nitrogen and oxygen atoms in total. The fraction of sp³-hybridized carbons (Fsp3) is 0.421. The Morgan fingerprint density at radius 2 is 1.78 bits per heavy atom. The van der Waals surface area contributed by atoms with Crippen LogP contribution in [0.2, 0.25) is 0 Å². The minimum absolute atomic E-state index is 0.0566. The molecule has 0 atom stereocenters. The Morgan fingerprint density at radius 1 is 1.04 bits per heavy atom. The molecule has 27 heavy (non-hydrogen) atoms. The number of fused-ring (bicyclic) bond motifs is 1. The van der Waals surface area contributed by atoms with Crippen molar-refractivity contribution in [3.63, 3.8) is 0 Å². The standard InChI is InChI=1S/C19H23N5O3/c1-13-11-15(18(25)24-7-5-23(2)6-8-24)22-19(20-13)21-14-3-4-16-17(12-14)27-10-9-26-16/h3-4,11-12H,5-10H2,1-2H3,(H,20,21,22). The Kier molecular flexibility index (Phi) is 4.81.